The Morgan fingerprint density at radius 1 is 1.38 bits per heavy atom. The summed E-state index contributed by atoms with van der Waals surface area (Å²) in [6.45, 7) is -0.0993. The van der Waals surface area contributed by atoms with Crippen molar-refractivity contribution in [3.63, 3.8) is 0 Å². The molecule has 0 atom stereocenters. The van der Waals surface area contributed by atoms with Crippen LogP contribution in [0.1, 0.15) is 0 Å². The molecule has 0 aliphatic rings. The first-order valence-corrected chi connectivity index (χ1v) is 6.70. The first-order chi connectivity index (χ1) is 7.33. The van der Waals surface area contributed by atoms with Gasteiger partial charge in [-0.1, -0.05) is 35.4 Å². The van der Waals surface area contributed by atoms with Crippen LogP contribution in [0.5, 0.6) is 0 Å². The van der Waals surface area contributed by atoms with Crippen molar-refractivity contribution in [2.75, 3.05) is 6.54 Å². The Balaban J connectivity index is 2.99. The van der Waals surface area contributed by atoms with Gasteiger partial charge in [0.25, 0.3) is 0 Å². The van der Waals surface area contributed by atoms with Crippen molar-refractivity contribution in [3.8, 4) is 0 Å². The first-order valence-electron chi connectivity index (χ1n) is 4.06. The van der Waals surface area contributed by atoms with Gasteiger partial charge in [-0.25, -0.2) is 13.1 Å². The van der Waals surface area contributed by atoms with E-state index < -0.39 is 10.0 Å². The molecular weight excluding hydrogens is 291 g/mol. The van der Waals surface area contributed by atoms with E-state index in [-0.39, 0.29) is 26.5 Å². The molecule has 0 spiro atoms. The SMILES string of the molecule is NC(=S)CNS(=O)(=O)c1ccc(Cl)c(Cl)c1. The van der Waals surface area contributed by atoms with Gasteiger partial charge >= 0.3 is 0 Å². The zero-order chi connectivity index (χ0) is 12.3. The van der Waals surface area contributed by atoms with Gasteiger partial charge in [-0.3, -0.25) is 0 Å². The molecule has 4 nitrogen and oxygen atoms in total. The summed E-state index contributed by atoms with van der Waals surface area (Å²) in [6.07, 6.45) is 0. The maximum Gasteiger partial charge on any atom is 0.241 e. The molecule has 3 N–H and O–H groups in total. The second-order valence-electron chi connectivity index (χ2n) is 2.87. The first kappa shape index (κ1) is 13.7. The molecule has 0 aliphatic carbocycles. The minimum atomic E-state index is -3.66. The molecule has 0 bridgehead atoms. The van der Waals surface area contributed by atoms with Gasteiger partial charge in [0.1, 0.15) is 0 Å². The average Bonchev–Trinajstić information content (AvgIpc) is 2.19. The minimum absolute atomic E-state index is 0.0122. The van der Waals surface area contributed by atoms with Gasteiger partial charge in [0.2, 0.25) is 10.0 Å². The Morgan fingerprint density at radius 3 is 2.50 bits per heavy atom. The zero-order valence-electron chi connectivity index (χ0n) is 7.91. The standard InChI is InChI=1S/C8H8Cl2N2O2S2/c9-6-2-1-5(3-7(6)10)16(13,14)12-4-8(11)15/h1-3,12H,4H2,(H2,11,15). The van der Waals surface area contributed by atoms with Crippen molar-refractivity contribution in [2.45, 2.75) is 4.90 Å². The molecule has 88 valence electrons. The van der Waals surface area contributed by atoms with Crippen LogP contribution in [0.25, 0.3) is 0 Å². The van der Waals surface area contributed by atoms with E-state index in [1.807, 2.05) is 0 Å². The third kappa shape index (κ3) is 3.57. The van der Waals surface area contributed by atoms with Crippen molar-refractivity contribution in [1.82, 2.24) is 4.72 Å². The van der Waals surface area contributed by atoms with Crippen LogP contribution < -0.4 is 10.5 Å². The van der Waals surface area contributed by atoms with Crippen LogP contribution in [0, 0.1) is 0 Å². The normalized spacial score (nSPS) is 11.4. The molecule has 1 aromatic rings. The van der Waals surface area contributed by atoms with E-state index in [4.69, 9.17) is 28.9 Å². The Hall–Kier alpha value is -0.400. The predicted molar refractivity (Wildman–Crippen MR) is 68.4 cm³/mol. The van der Waals surface area contributed by atoms with Crippen molar-refractivity contribution >= 4 is 50.4 Å². The fourth-order valence-corrected chi connectivity index (χ4v) is 2.45. The predicted octanol–water partition coefficient (Wildman–Crippen LogP) is 1.56. The number of benzene rings is 1. The summed E-state index contributed by atoms with van der Waals surface area (Å²) in [7, 11) is -3.66. The highest BCUT2D eigenvalue weighted by Gasteiger charge is 2.15. The summed E-state index contributed by atoms with van der Waals surface area (Å²) in [6, 6.07) is 4.00. The number of thiocarbonyl (C=S) groups is 1. The fourth-order valence-electron chi connectivity index (χ4n) is 0.893. The van der Waals surface area contributed by atoms with Gasteiger partial charge in [0, 0.05) is 0 Å². The van der Waals surface area contributed by atoms with Crippen LogP contribution in [0.3, 0.4) is 0 Å². The van der Waals surface area contributed by atoms with Crippen LogP contribution in [0.4, 0.5) is 0 Å². The molecule has 0 unspecified atom stereocenters. The molecule has 0 aromatic heterocycles. The third-order valence-corrected chi connectivity index (χ3v) is 3.92. The summed E-state index contributed by atoms with van der Waals surface area (Å²) >= 11 is 15.9. The van der Waals surface area contributed by atoms with Gasteiger partial charge in [0.05, 0.1) is 26.5 Å². The molecule has 0 fully saturated rings. The van der Waals surface area contributed by atoms with Crippen molar-refractivity contribution in [2.24, 2.45) is 5.73 Å². The van der Waals surface area contributed by atoms with Crippen molar-refractivity contribution in [3.05, 3.63) is 28.2 Å². The molecule has 8 heteroatoms. The maximum absolute atomic E-state index is 11.7. The van der Waals surface area contributed by atoms with Crippen LogP contribution in [0.15, 0.2) is 23.1 Å². The molecular formula is C8H8Cl2N2O2S2. The van der Waals surface area contributed by atoms with Gasteiger partial charge < -0.3 is 5.73 Å². The smallest absolute Gasteiger partial charge is 0.241 e. The number of sulfonamides is 1. The molecule has 1 rings (SSSR count). The van der Waals surface area contributed by atoms with E-state index in [0.717, 1.165) is 0 Å². The lowest BCUT2D eigenvalue weighted by atomic mass is 10.4. The number of rotatable bonds is 4. The van der Waals surface area contributed by atoms with Crippen molar-refractivity contribution in [1.29, 1.82) is 0 Å². The summed E-state index contributed by atoms with van der Waals surface area (Å²) < 4.78 is 25.6. The van der Waals surface area contributed by atoms with E-state index in [1.54, 1.807) is 0 Å². The molecule has 0 heterocycles. The number of nitrogens with two attached hydrogens (primary N) is 1. The fraction of sp³-hybridized carbons (Fsp3) is 0.125. The highest BCUT2D eigenvalue weighted by atomic mass is 35.5. The van der Waals surface area contributed by atoms with Crippen LogP contribution in [-0.4, -0.2) is 20.0 Å². The lowest BCUT2D eigenvalue weighted by Gasteiger charge is -2.06. The monoisotopic (exact) mass is 298 g/mol. The molecule has 0 radical (unpaired) electrons. The number of halogens is 2. The van der Waals surface area contributed by atoms with Gasteiger partial charge in [0.15, 0.2) is 0 Å². The van der Waals surface area contributed by atoms with Crippen LogP contribution >= 0.6 is 35.4 Å². The molecule has 0 saturated carbocycles. The summed E-state index contributed by atoms with van der Waals surface area (Å²) in [4.78, 5) is 0.0711. The Kier molecular flexibility index (Phi) is 4.52. The Labute approximate surface area is 109 Å². The highest BCUT2D eigenvalue weighted by Crippen LogP contribution is 2.24. The van der Waals surface area contributed by atoms with Crippen molar-refractivity contribution < 1.29 is 8.42 Å². The van der Waals surface area contributed by atoms with E-state index in [0.29, 0.717) is 0 Å². The van der Waals surface area contributed by atoms with E-state index in [9.17, 15) is 8.42 Å². The molecule has 0 amide bonds. The summed E-state index contributed by atoms with van der Waals surface area (Å²) in [5.41, 5.74) is 5.19. The topological polar surface area (TPSA) is 72.2 Å². The van der Waals surface area contributed by atoms with E-state index >= 15 is 0 Å². The average molecular weight is 299 g/mol. The quantitative estimate of drug-likeness (QED) is 0.828. The van der Waals surface area contributed by atoms with Gasteiger partial charge in [-0.2, -0.15) is 0 Å². The number of nitrogens with one attached hydrogen (secondary N) is 1. The Morgan fingerprint density at radius 2 is 2.00 bits per heavy atom. The minimum Gasteiger partial charge on any atom is -0.392 e. The maximum atomic E-state index is 11.7. The lowest BCUT2D eigenvalue weighted by Crippen LogP contribution is -2.32. The second-order valence-corrected chi connectivity index (χ2v) is 5.97. The molecule has 0 aliphatic heterocycles. The lowest BCUT2D eigenvalue weighted by molar-refractivity contribution is 0.586. The summed E-state index contributed by atoms with van der Waals surface area (Å²) in [5, 5.41) is 0.454. The largest absolute Gasteiger partial charge is 0.392 e. The molecule has 16 heavy (non-hydrogen) atoms. The Bertz CT molecular complexity index is 517. The van der Waals surface area contributed by atoms with Crippen LogP contribution in [0.2, 0.25) is 10.0 Å². The number of hydrogen-bond acceptors (Lipinski definition) is 3. The van der Waals surface area contributed by atoms with Gasteiger partial charge in [-0.15, -0.1) is 0 Å². The molecule has 1 aromatic carbocycles. The van der Waals surface area contributed by atoms with E-state index in [2.05, 4.69) is 16.9 Å². The third-order valence-electron chi connectivity index (χ3n) is 1.64. The summed E-state index contributed by atoms with van der Waals surface area (Å²) in [5.74, 6) is 0. The second kappa shape index (κ2) is 5.29. The van der Waals surface area contributed by atoms with Crippen LogP contribution in [-0.2, 0) is 10.0 Å². The highest BCUT2D eigenvalue weighted by molar-refractivity contribution is 7.89. The van der Waals surface area contributed by atoms with Gasteiger partial charge in [-0.05, 0) is 18.2 Å². The molecule has 0 saturated heterocycles. The van der Waals surface area contributed by atoms with E-state index in [1.165, 1.54) is 18.2 Å². The zero-order valence-corrected chi connectivity index (χ0v) is 11.1. The number of hydrogen-bond donors (Lipinski definition) is 2.